The molecular weight excluding hydrogens is 940 g/mol. The summed E-state index contributed by atoms with van der Waals surface area (Å²) in [6.07, 6.45) is 0. The first-order chi connectivity index (χ1) is 36.7. The Kier molecular flexibility index (Phi) is 9.42. The number of nitriles is 1. The van der Waals surface area contributed by atoms with Crippen LogP contribution in [-0.4, -0.2) is 8.80 Å². The molecule has 0 saturated carbocycles. The van der Waals surface area contributed by atoms with E-state index in [1.54, 1.807) is 0 Å². The van der Waals surface area contributed by atoms with Gasteiger partial charge in [-0.2, -0.15) is 5.26 Å². The van der Waals surface area contributed by atoms with Crippen molar-refractivity contribution in [2.45, 2.75) is 0 Å². The standard InChI is InChI=1S/C67H40N6.V/c68-41-44-23-13-15-33-56(44)70(45-24-9-3-10-25-45)47-35-37-57-53(39-47)49-28-17-30-51-62-61(43-21-7-2-8-22-43)67-63(60(42-19-5-1-6-20-42)66(62)72(57)64(49)51)52-31-18-29-50-54-40-48(36-38-58(54)73(67)65(50)52)71(46-26-11-4-12-27-46)59-34-16-14-32-55(59)69;/h1-40H;. The molecule has 0 aliphatic heterocycles. The van der Waals surface area contributed by atoms with Crippen LogP contribution in [0.15, 0.2) is 246 Å². The van der Waals surface area contributed by atoms with Gasteiger partial charge in [-0.15, -0.1) is 0 Å². The van der Waals surface area contributed by atoms with E-state index in [0.717, 1.165) is 67.4 Å². The molecule has 0 radical (unpaired) electrons. The third-order valence-electron chi connectivity index (χ3n) is 15.1. The van der Waals surface area contributed by atoms with Gasteiger partial charge in [0, 0.05) is 27.5 Å². The number of fused-ring (bicyclic) bond motifs is 12. The van der Waals surface area contributed by atoms with Gasteiger partial charge >= 0.3 is 204 Å². The van der Waals surface area contributed by atoms with Crippen molar-refractivity contribution >= 4 is 116 Å². The van der Waals surface area contributed by atoms with Crippen LogP contribution in [0.1, 0.15) is 5.56 Å². The van der Waals surface area contributed by atoms with Crippen molar-refractivity contribution in [3.8, 4) is 28.3 Å². The Balaban J connectivity index is 1.08. The molecule has 0 spiro atoms. The van der Waals surface area contributed by atoms with Crippen molar-refractivity contribution in [2.75, 3.05) is 9.80 Å². The van der Waals surface area contributed by atoms with E-state index in [0.29, 0.717) is 5.56 Å². The van der Waals surface area contributed by atoms with Crippen LogP contribution in [0.2, 0.25) is 0 Å². The van der Waals surface area contributed by atoms with Crippen LogP contribution in [0.3, 0.4) is 0 Å². The van der Waals surface area contributed by atoms with E-state index in [1.165, 1.54) is 70.9 Å². The van der Waals surface area contributed by atoms with Gasteiger partial charge in [0.25, 0.3) is 0 Å². The summed E-state index contributed by atoms with van der Waals surface area (Å²) < 4.78 is 9.79. The third kappa shape index (κ3) is 6.00. The van der Waals surface area contributed by atoms with Gasteiger partial charge < -0.3 is 9.30 Å². The van der Waals surface area contributed by atoms with Crippen LogP contribution in [0.5, 0.6) is 0 Å². The van der Waals surface area contributed by atoms with Gasteiger partial charge in [-0.1, -0.05) is 109 Å². The summed E-state index contributed by atoms with van der Waals surface area (Å²) in [5, 5.41) is 20.0. The first kappa shape index (κ1) is 42.2. The Morgan fingerprint density at radius 3 is 1.27 bits per heavy atom. The van der Waals surface area contributed by atoms with E-state index in [9.17, 15) is 5.26 Å². The van der Waals surface area contributed by atoms with E-state index in [-0.39, 0.29) is 0 Å². The molecular formula is C67H40N6V. The average molecular weight is 980 g/mol. The molecule has 0 saturated heterocycles. The monoisotopic (exact) mass is 979 g/mol. The Labute approximate surface area is 434 Å². The van der Waals surface area contributed by atoms with Crippen molar-refractivity contribution in [2.24, 2.45) is 3.79 Å². The molecule has 343 valence electrons. The number of benzene rings is 11. The number of nitrogens with zero attached hydrogens (tertiary/aromatic N) is 6. The Hall–Kier alpha value is -9.51. The van der Waals surface area contributed by atoms with Gasteiger partial charge in [-0.3, -0.25) is 0 Å². The van der Waals surface area contributed by atoms with E-state index < -0.39 is 0 Å². The predicted octanol–water partition coefficient (Wildman–Crippen LogP) is 18.5. The molecule has 0 unspecified atom stereocenters. The second-order valence-electron chi connectivity index (χ2n) is 19.0. The molecule has 0 bridgehead atoms. The van der Waals surface area contributed by atoms with Crippen molar-refractivity contribution in [1.29, 1.82) is 5.26 Å². The molecule has 4 aromatic heterocycles. The zero-order valence-electron chi connectivity index (χ0n) is 39.7. The molecule has 4 heterocycles. The Morgan fingerprint density at radius 1 is 0.365 bits per heavy atom. The second-order valence-corrected chi connectivity index (χ2v) is 19.3. The molecule has 0 fully saturated rings. The first-order valence-electron chi connectivity index (χ1n) is 24.8. The first-order valence-corrected chi connectivity index (χ1v) is 25.5. The van der Waals surface area contributed by atoms with Gasteiger partial charge in [-0.25, -0.2) is 0 Å². The molecule has 74 heavy (non-hydrogen) atoms. The molecule has 6 nitrogen and oxygen atoms in total. The summed E-state index contributed by atoms with van der Waals surface area (Å²) in [7, 11) is 0. The Bertz CT molecular complexity index is 4750. The topological polar surface area (TPSA) is 51.5 Å². The predicted molar refractivity (Wildman–Crippen MR) is 303 cm³/mol. The van der Waals surface area contributed by atoms with Crippen molar-refractivity contribution < 1.29 is 17.2 Å². The summed E-state index contributed by atoms with van der Waals surface area (Å²) in [6.45, 7) is 0. The molecule has 0 N–H and O–H groups in total. The van der Waals surface area contributed by atoms with E-state index in [1.807, 2.05) is 36.4 Å². The fourth-order valence-electron chi connectivity index (χ4n) is 12.2. The van der Waals surface area contributed by atoms with Gasteiger partial charge in [0.2, 0.25) is 0 Å². The minimum atomic E-state index is 0.613. The second kappa shape index (κ2) is 16.5. The zero-order chi connectivity index (χ0) is 49.0. The molecule has 0 atom stereocenters. The zero-order valence-corrected chi connectivity index (χ0v) is 41.1. The number of rotatable bonds is 9. The van der Waals surface area contributed by atoms with Crippen LogP contribution in [-0.2, 0) is 17.2 Å². The summed E-state index contributed by atoms with van der Waals surface area (Å²) >= 11 is 2.39. The summed E-state index contributed by atoms with van der Waals surface area (Å²) in [5.41, 5.74) is 19.2. The minimum absolute atomic E-state index is 0.613. The molecule has 0 amide bonds. The normalized spacial score (nSPS) is 11.8. The summed E-state index contributed by atoms with van der Waals surface area (Å²) in [5.74, 6) is 0. The van der Waals surface area contributed by atoms with Gasteiger partial charge in [-0.05, 0) is 48.0 Å². The van der Waals surface area contributed by atoms with Crippen LogP contribution < -0.4 is 9.80 Å². The fraction of sp³-hybridized carbons (Fsp3) is 0. The molecule has 11 aromatic carbocycles. The van der Waals surface area contributed by atoms with E-state index in [2.05, 4.69) is 252 Å². The van der Waals surface area contributed by atoms with Crippen LogP contribution in [0.25, 0.3) is 98.4 Å². The molecule has 7 heteroatoms. The number of hydrogen-bond donors (Lipinski definition) is 0. The number of hydrogen-bond acceptors (Lipinski definition) is 4. The molecule has 15 rings (SSSR count). The van der Waals surface area contributed by atoms with Crippen molar-refractivity contribution in [3.63, 3.8) is 0 Å². The summed E-state index contributed by atoms with van der Waals surface area (Å²) in [4.78, 5) is 4.53. The number of para-hydroxylation sites is 6. The number of anilines is 6. The average Bonchev–Trinajstić information content (AvgIpc) is 4.23. The van der Waals surface area contributed by atoms with Gasteiger partial charge in [0.05, 0.1) is 27.8 Å². The van der Waals surface area contributed by atoms with E-state index >= 15 is 0 Å². The summed E-state index contributed by atoms with van der Waals surface area (Å²) in [6, 6.07) is 89.2. The quantitative estimate of drug-likeness (QED) is 0.145. The van der Waals surface area contributed by atoms with Crippen molar-refractivity contribution in [1.82, 2.24) is 8.80 Å². The van der Waals surface area contributed by atoms with Crippen LogP contribution >= 0.6 is 0 Å². The maximum atomic E-state index is 10.4. The fourth-order valence-corrected chi connectivity index (χ4v) is 12.5. The maximum absolute atomic E-state index is 10.4. The van der Waals surface area contributed by atoms with Gasteiger partial charge in [0.15, 0.2) is 0 Å². The SMILES string of the molecule is N#Cc1ccccc1N(c1ccccc1)c1ccc2c(c1)c1cccc3c4c(-c5ccccc5)c5c(c(-c6ccccc6)c4n2c13)c1cccc2c3cc(N(c4ccccc4)c4ccccc4[N]=[V])ccc3n5c21. The molecule has 15 aromatic rings. The molecule has 0 aliphatic rings. The van der Waals surface area contributed by atoms with Crippen LogP contribution in [0.4, 0.5) is 39.8 Å². The van der Waals surface area contributed by atoms with Crippen molar-refractivity contribution in [3.05, 3.63) is 248 Å². The van der Waals surface area contributed by atoms with Crippen LogP contribution in [0, 0.1) is 11.3 Å². The van der Waals surface area contributed by atoms with E-state index in [4.69, 9.17) is 0 Å². The Morgan fingerprint density at radius 2 is 0.784 bits per heavy atom. The third-order valence-corrected chi connectivity index (χ3v) is 15.5. The molecule has 0 aliphatic carbocycles. The van der Waals surface area contributed by atoms with Gasteiger partial charge in [0.1, 0.15) is 6.07 Å². The number of aromatic nitrogens is 2.